The van der Waals surface area contributed by atoms with E-state index in [0.717, 1.165) is 13.1 Å². The van der Waals surface area contributed by atoms with Gasteiger partial charge in [0.2, 0.25) is 0 Å². The monoisotopic (exact) mass is 236 g/mol. The zero-order valence-corrected chi connectivity index (χ0v) is 9.56. The Labute approximate surface area is 94.2 Å². The van der Waals surface area contributed by atoms with Crippen molar-refractivity contribution in [2.45, 2.75) is 19.5 Å². The fraction of sp³-hybridized carbons (Fsp3) is 1.00. The van der Waals surface area contributed by atoms with E-state index in [1.54, 1.807) is 0 Å². The predicted molar refractivity (Wildman–Crippen MR) is 56.1 cm³/mol. The van der Waals surface area contributed by atoms with Crippen LogP contribution in [-0.2, 0) is 0 Å². The minimum absolute atomic E-state index is 0.0697. The first kappa shape index (κ1) is 12.2. The second-order valence-corrected chi connectivity index (χ2v) is 5.18. The van der Waals surface area contributed by atoms with Crippen molar-refractivity contribution in [3.05, 3.63) is 0 Å². The van der Waals surface area contributed by atoms with E-state index in [1.165, 1.54) is 6.42 Å². The predicted octanol–water partition coefficient (Wildman–Crippen LogP) is 1.73. The van der Waals surface area contributed by atoms with E-state index in [2.05, 4.69) is 12.2 Å². The Bertz CT molecular complexity index is 242. The third-order valence-corrected chi connectivity index (χ3v) is 3.71. The number of hydrogen-bond donors (Lipinski definition) is 1. The Hall–Kier alpha value is -0.290. The highest BCUT2D eigenvalue weighted by molar-refractivity contribution is 4.87. The summed E-state index contributed by atoms with van der Waals surface area (Å²) in [5.41, 5.74) is 0. The summed E-state index contributed by atoms with van der Waals surface area (Å²) in [4.78, 5) is 1.98. The number of hydrogen-bond acceptors (Lipinski definition) is 2. The lowest BCUT2D eigenvalue weighted by atomic mass is 10.1. The molecule has 3 unspecified atom stereocenters. The van der Waals surface area contributed by atoms with Gasteiger partial charge in [-0.1, -0.05) is 6.92 Å². The van der Waals surface area contributed by atoms with Crippen LogP contribution < -0.4 is 5.32 Å². The lowest BCUT2D eigenvalue weighted by Crippen LogP contribution is -2.38. The topological polar surface area (TPSA) is 15.3 Å². The first-order chi connectivity index (χ1) is 7.47. The van der Waals surface area contributed by atoms with Crippen LogP contribution in [0.1, 0.15) is 13.3 Å². The van der Waals surface area contributed by atoms with Crippen molar-refractivity contribution in [1.29, 1.82) is 0 Å². The average molecular weight is 236 g/mol. The van der Waals surface area contributed by atoms with Crippen LogP contribution in [0, 0.1) is 17.8 Å². The molecule has 1 aliphatic heterocycles. The molecule has 1 saturated heterocycles. The van der Waals surface area contributed by atoms with Crippen molar-refractivity contribution in [2.24, 2.45) is 17.8 Å². The molecule has 2 nitrogen and oxygen atoms in total. The molecule has 0 aromatic heterocycles. The molecule has 3 atom stereocenters. The highest BCUT2D eigenvalue weighted by Gasteiger charge is 2.42. The molecular formula is C11H19F3N2. The smallest absolute Gasteiger partial charge is 0.315 e. The number of nitrogens with zero attached hydrogens (tertiary/aromatic N) is 1. The summed E-state index contributed by atoms with van der Waals surface area (Å²) >= 11 is 0. The van der Waals surface area contributed by atoms with Gasteiger partial charge in [-0.15, -0.1) is 0 Å². The van der Waals surface area contributed by atoms with E-state index >= 15 is 0 Å². The Balaban J connectivity index is 1.87. The maximum absolute atomic E-state index is 12.7. The van der Waals surface area contributed by atoms with Gasteiger partial charge in [0.05, 0.1) is 5.92 Å². The Morgan fingerprint density at radius 1 is 1.38 bits per heavy atom. The molecule has 1 aliphatic carbocycles. The van der Waals surface area contributed by atoms with Gasteiger partial charge in [0.1, 0.15) is 0 Å². The largest absolute Gasteiger partial charge is 0.394 e. The van der Waals surface area contributed by atoms with Crippen LogP contribution in [0.2, 0.25) is 0 Å². The summed E-state index contributed by atoms with van der Waals surface area (Å²) in [6.45, 7) is 4.67. The standard InChI is InChI=1S/C11H19F3N2/c1-8-4-9(8)6-16-3-2-15-5-10(7-16)11(12,13)14/h8-10,15H,2-7H2,1H3. The van der Waals surface area contributed by atoms with Crippen molar-refractivity contribution in [3.8, 4) is 0 Å². The molecular weight excluding hydrogens is 217 g/mol. The molecule has 2 fully saturated rings. The van der Waals surface area contributed by atoms with Gasteiger partial charge in [-0.2, -0.15) is 13.2 Å². The fourth-order valence-electron chi connectivity index (χ4n) is 2.35. The molecule has 2 aliphatic rings. The third-order valence-electron chi connectivity index (χ3n) is 3.71. The highest BCUT2D eigenvalue weighted by Crippen LogP contribution is 2.38. The second kappa shape index (κ2) is 4.53. The van der Waals surface area contributed by atoms with Gasteiger partial charge < -0.3 is 10.2 Å². The van der Waals surface area contributed by atoms with Crippen LogP contribution in [0.3, 0.4) is 0 Å². The van der Waals surface area contributed by atoms with Gasteiger partial charge in [0.25, 0.3) is 0 Å². The minimum atomic E-state index is -4.06. The first-order valence-corrected chi connectivity index (χ1v) is 5.96. The summed E-state index contributed by atoms with van der Waals surface area (Å²) < 4.78 is 38.0. The van der Waals surface area contributed by atoms with Crippen LogP contribution >= 0.6 is 0 Å². The minimum Gasteiger partial charge on any atom is -0.315 e. The Kier molecular flexibility index (Phi) is 3.45. The average Bonchev–Trinajstić information content (AvgIpc) is 2.89. The molecule has 16 heavy (non-hydrogen) atoms. The van der Waals surface area contributed by atoms with E-state index in [1.807, 2.05) is 4.90 Å². The number of halogens is 3. The van der Waals surface area contributed by atoms with Gasteiger partial charge >= 0.3 is 6.18 Å². The second-order valence-electron chi connectivity index (χ2n) is 5.18. The number of nitrogens with one attached hydrogen (secondary N) is 1. The Morgan fingerprint density at radius 3 is 2.62 bits per heavy atom. The molecule has 1 saturated carbocycles. The van der Waals surface area contributed by atoms with E-state index in [-0.39, 0.29) is 13.1 Å². The first-order valence-electron chi connectivity index (χ1n) is 5.96. The molecule has 1 N–H and O–H groups in total. The quantitative estimate of drug-likeness (QED) is 0.785. The van der Waals surface area contributed by atoms with Gasteiger partial charge in [-0.3, -0.25) is 0 Å². The van der Waals surface area contributed by atoms with E-state index in [0.29, 0.717) is 18.4 Å². The lowest BCUT2D eigenvalue weighted by molar-refractivity contribution is -0.175. The van der Waals surface area contributed by atoms with Crippen LogP contribution in [0.5, 0.6) is 0 Å². The Morgan fingerprint density at radius 2 is 2.06 bits per heavy atom. The van der Waals surface area contributed by atoms with Gasteiger partial charge in [0, 0.05) is 32.7 Å². The summed E-state index contributed by atoms with van der Waals surface area (Å²) in [5, 5.41) is 2.88. The van der Waals surface area contributed by atoms with E-state index < -0.39 is 12.1 Å². The summed E-state index contributed by atoms with van der Waals surface area (Å²) in [5.74, 6) is 0.136. The number of alkyl halides is 3. The molecule has 0 amide bonds. The van der Waals surface area contributed by atoms with Crippen molar-refractivity contribution in [1.82, 2.24) is 10.2 Å². The van der Waals surface area contributed by atoms with Gasteiger partial charge in [-0.05, 0) is 18.3 Å². The van der Waals surface area contributed by atoms with Crippen LogP contribution in [-0.4, -0.2) is 43.8 Å². The molecule has 0 spiro atoms. The van der Waals surface area contributed by atoms with E-state index in [9.17, 15) is 13.2 Å². The van der Waals surface area contributed by atoms with Crippen molar-refractivity contribution < 1.29 is 13.2 Å². The molecule has 0 aromatic rings. The van der Waals surface area contributed by atoms with Crippen LogP contribution in [0.15, 0.2) is 0 Å². The van der Waals surface area contributed by atoms with Crippen molar-refractivity contribution in [2.75, 3.05) is 32.7 Å². The molecule has 2 rings (SSSR count). The summed E-state index contributed by atoms with van der Waals surface area (Å²) in [6, 6.07) is 0. The molecule has 94 valence electrons. The number of rotatable bonds is 2. The summed E-state index contributed by atoms with van der Waals surface area (Å²) in [6.07, 6.45) is -2.88. The fourth-order valence-corrected chi connectivity index (χ4v) is 2.35. The molecule has 0 aromatic carbocycles. The SMILES string of the molecule is CC1CC1CN1CCNCC(C(F)(F)F)C1. The van der Waals surface area contributed by atoms with Gasteiger partial charge in [-0.25, -0.2) is 0 Å². The normalized spacial score (nSPS) is 37.1. The molecule has 5 heteroatoms. The van der Waals surface area contributed by atoms with Crippen molar-refractivity contribution in [3.63, 3.8) is 0 Å². The van der Waals surface area contributed by atoms with Gasteiger partial charge in [0.15, 0.2) is 0 Å². The van der Waals surface area contributed by atoms with Crippen molar-refractivity contribution >= 4 is 0 Å². The maximum Gasteiger partial charge on any atom is 0.394 e. The highest BCUT2D eigenvalue weighted by atomic mass is 19.4. The van der Waals surface area contributed by atoms with Crippen LogP contribution in [0.4, 0.5) is 13.2 Å². The maximum atomic E-state index is 12.7. The van der Waals surface area contributed by atoms with E-state index in [4.69, 9.17) is 0 Å². The lowest BCUT2D eigenvalue weighted by Gasteiger charge is -2.25. The van der Waals surface area contributed by atoms with Crippen LogP contribution in [0.25, 0.3) is 0 Å². The molecule has 1 heterocycles. The summed E-state index contributed by atoms with van der Waals surface area (Å²) in [7, 11) is 0. The molecule has 0 radical (unpaired) electrons. The zero-order chi connectivity index (χ0) is 11.8. The third kappa shape index (κ3) is 3.10. The zero-order valence-electron chi connectivity index (χ0n) is 9.56. The molecule has 0 bridgehead atoms.